The summed E-state index contributed by atoms with van der Waals surface area (Å²) in [6, 6.07) is 0. The Morgan fingerprint density at radius 2 is 2.33 bits per heavy atom. The molecule has 0 aliphatic carbocycles. The van der Waals surface area contributed by atoms with Crippen molar-refractivity contribution in [2.24, 2.45) is 11.8 Å². The maximum absolute atomic E-state index is 12.3. The van der Waals surface area contributed by atoms with Crippen LogP contribution in [0.4, 0.5) is 5.69 Å². The fourth-order valence-corrected chi connectivity index (χ4v) is 3.26. The predicted octanol–water partition coefficient (Wildman–Crippen LogP) is 1.19. The van der Waals surface area contributed by atoms with Crippen molar-refractivity contribution in [1.82, 2.24) is 15.1 Å². The van der Waals surface area contributed by atoms with Crippen LogP contribution >= 0.6 is 0 Å². The van der Waals surface area contributed by atoms with Gasteiger partial charge in [-0.2, -0.15) is 5.10 Å². The van der Waals surface area contributed by atoms with Crippen molar-refractivity contribution in [1.29, 1.82) is 0 Å². The van der Waals surface area contributed by atoms with Crippen molar-refractivity contribution < 1.29 is 14.3 Å². The average molecular weight is 334 g/mol. The van der Waals surface area contributed by atoms with Gasteiger partial charge in [-0.15, -0.1) is 0 Å². The molecule has 0 radical (unpaired) electrons. The normalized spacial score (nSPS) is 24.1. The van der Waals surface area contributed by atoms with E-state index in [2.05, 4.69) is 24.3 Å². The summed E-state index contributed by atoms with van der Waals surface area (Å²) < 4.78 is 7.35. The zero-order chi connectivity index (χ0) is 17.1. The standard InChI is InChI=1S/C17H26N4O3/c1-12(2)9-20-11-14(7-19-20)21-10-13(6-16(21)22)17(23)18-8-15-4-3-5-24-15/h7,11-13,15H,3-6,8-10H2,1-2H3,(H,18,23)/t13-,15+/m0/s1. The molecule has 2 fully saturated rings. The van der Waals surface area contributed by atoms with Crippen LogP contribution in [0, 0.1) is 11.8 Å². The van der Waals surface area contributed by atoms with Gasteiger partial charge in [-0.25, -0.2) is 0 Å². The molecular weight excluding hydrogens is 308 g/mol. The van der Waals surface area contributed by atoms with E-state index in [1.807, 2.05) is 10.9 Å². The third-order valence-electron chi connectivity index (χ3n) is 4.51. The highest BCUT2D eigenvalue weighted by atomic mass is 16.5. The van der Waals surface area contributed by atoms with Crippen LogP contribution < -0.4 is 10.2 Å². The van der Waals surface area contributed by atoms with Gasteiger partial charge < -0.3 is 15.0 Å². The summed E-state index contributed by atoms with van der Waals surface area (Å²) in [6.45, 7) is 6.79. The highest BCUT2D eigenvalue weighted by Gasteiger charge is 2.35. The molecule has 2 aliphatic heterocycles. The molecular formula is C17H26N4O3. The topological polar surface area (TPSA) is 76.5 Å². The van der Waals surface area contributed by atoms with Gasteiger partial charge in [0.05, 0.1) is 23.9 Å². The summed E-state index contributed by atoms with van der Waals surface area (Å²) in [5.41, 5.74) is 0.773. The molecule has 2 amide bonds. The van der Waals surface area contributed by atoms with Crippen LogP contribution in [0.1, 0.15) is 33.1 Å². The maximum Gasteiger partial charge on any atom is 0.227 e. The van der Waals surface area contributed by atoms with Crippen molar-refractivity contribution in [3.63, 3.8) is 0 Å². The molecule has 7 nitrogen and oxygen atoms in total. The number of hydrogen-bond donors (Lipinski definition) is 1. The molecule has 1 aromatic rings. The third-order valence-corrected chi connectivity index (χ3v) is 4.51. The van der Waals surface area contributed by atoms with E-state index in [1.165, 1.54) is 0 Å². The van der Waals surface area contributed by atoms with E-state index in [9.17, 15) is 9.59 Å². The van der Waals surface area contributed by atoms with E-state index in [0.29, 0.717) is 19.0 Å². The second-order valence-corrected chi connectivity index (χ2v) is 7.10. The molecule has 24 heavy (non-hydrogen) atoms. The molecule has 1 N–H and O–H groups in total. The fraction of sp³-hybridized carbons (Fsp3) is 0.706. The molecule has 0 saturated carbocycles. The van der Waals surface area contributed by atoms with Crippen LogP contribution in [0.3, 0.4) is 0 Å². The first kappa shape index (κ1) is 17.0. The number of anilines is 1. The molecule has 0 unspecified atom stereocenters. The lowest BCUT2D eigenvalue weighted by Crippen LogP contribution is -2.37. The Bertz CT molecular complexity index is 592. The summed E-state index contributed by atoms with van der Waals surface area (Å²) in [5, 5.41) is 7.23. The lowest BCUT2D eigenvalue weighted by atomic mass is 10.1. The molecule has 0 bridgehead atoms. The van der Waals surface area contributed by atoms with Crippen LogP contribution in [0.25, 0.3) is 0 Å². The van der Waals surface area contributed by atoms with Gasteiger partial charge in [0.2, 0.25) is 11.8 Å². The Balaban J connectivity index is 1.54. The summed E-state index contributed by atoms with van der Waals surface area (Å²) in [7, 11) is 0. The molecule has 0 spiro atoms. The number of amides is 2. The average Bonchev–Trinajstić information content (AvgIpc) is 3.24. The quantitative estimate of drug-likeness (QED) is 0.848. The van der Waals surface area contributed by atoms with Gasteiger partial charge in [0.15, 0.2) is 0 Å². The number of rotatable bonds is 6. The Hall–Kier alpha value is -1.89. The number of aromatic nitrogens is 2. The molecule has 2 atom stereocenters. The Morgan fingerprint density at radius 3 is 3.04 bits per heavy atom. The minimum absolute atomic E-state index is 0.0173. The van der Waals surface area contributed by atoms with E-state index in [1.54, 1.807) is 11.1 Å². The zero-order valence-electron chi connectivity index (χ0n) is 14.4. The van der Waals surface area contributed by atoms with Crippen molar-refractivity contribution in [2.45, 2.75) is 45.8 Å². The molecule has 3 rings (SSSR count). The zero-order valence-corrected chi connectivity index (χ0v) is 14.4. The number of carbonyl (C=O) groups is 2. The van der Waals surface area contributed by atoms with Crippen LogP contribution in [-0.4, -0.2) is 47.4 Å². The van der Waals surface area contributed by atoms with Gasteiger partial charge in [-0.3, -0.25) is 14.3 Å². The minimum Gasteiger partial charge on any atom is -0.376 e. The minimum atomic E-state index is -0.299. The number of nitrogens with zero attached hydrogens (tertiary/aromatic N) is 3. The first-order valence-electron chi connectivity index (χ1n) is 8.75. The van der Waals surface area contributed by atoms with Crippen molar-refractivity contribution in [2.75, 3.05) is 24.6 Å². The van der Waals surface area contributed by atoms with E-state index in [-0.39, 0.29) is 30.3 Å². The predicted molar refractivity (Wildman–Crippen MR) is 89.5 cm³/mol. The van der Waals surface area contributed by atoms with Crippen molar-refractivity contribution >= 4 is 17.5 Å². The van der Waals surface area contributed by atoms with Gasteiger partial charge in [-0.05, 0) is 18.8 Å². The van der Waals surface area contributed by atoms with E-state index < -0.39 is 0 Å². The molecule has 7 heteroatoms. The Labute approximate surface area is 142 Å². The summed E-state index contributed by atoms with van der Waals surface area (Å²) in [5.74, 6) is 0.114. The first-order chi connectivity index (χ1) is 11.5. The summed E-state index contributed by atoms with van der Waals surface area (Å²) in [4.78, 5) is 26.2. The number of carbonyl (C=O) groups excluding carboxylic acids is 2. The third kappa shape index (κ3) is 3.95. The van der Waals surface area contributed by atoms with Gasteiger partial charge in [0, 0.05) is 38.9 Å². The Morgan fingerprint density at radius 1 is 1.50 bits per heavy atom. The second-order valence-electron chi connectivity index (χ2n) is 7.10. The highest BCUT2D eigenvalue weighted by Crippen LogP contribution is 2.25. The van der Waals surface area contributed by atoms with Gasteiger partial charge in [0.25, 0.3) is 0 Å². The molecule has 2 saturated heterocycles. The SMILES string of the molecule is CC(C)Cn1cc(N2C[C@@H](C(=O)NC[C@H]3CCCO3)CC2=O)cn1. The molecule has 1 aromatic heterocycles. The van der Waals surface area contributed by atoms with E-state index >= 15 is 0 Å². The second kappa shape index (κ2) is 7.34. The fourth-order valence-electron chi connectivity index (χ4n) is 3.26. The van der Waals surface area contributed by atoms with E-state index in [4.69, 9.17) is 4.74 Å². The summed E-state index contributed by atoms with van der Waals surface area (Å²) in [6.07, 6.45) is 6.00. The van der Waals surface area contributed by atoms with Crippen LogP contribution in [0.5, 0.6) is 0 Å². The van der Waals surface area contributed by atoms with E-state index in [0.717, 1.165) is 31.7 Å². The van der Waals surface area contributed by atoms with Crippen molar-refractivity contribution in [3.05, 3.63) is 12.4 Å². The molecule has 3 heterocycles. The van der Waals surface area contributed by atoms with Gasteiger partial charge in [-0.1, -0.05) is 13.8 Å². The van der Waals surface area contributed by atoms with Crippen LogP contribution in [0.15, 0.2) is 12.4 Å². The Kier molecular flexibility index (Phi) is 5.18. The monoisotopic (exact) mass is 334 g/mol. The molecule has 2 aliphatic rings. The number of nitrogens with one attached hydrogen (secondary N) is 1. The van der Waals surface area contributed by atoms with Crippen molar-refractivity contribution in [3.8, 4) is 0 Å². The molecule has 0 aromatic carbocycles. The lowest BCUT2D eigenvalue weighted by molar-refractivity contribution is -0.126. The smallest absolute Gasteiger partial charge is 0.227 e. The van der Waals surface area contributed by atoms with Gasteiger partial charge in [0.1, 0.15) is 0 Å². The summed E-state index contributed by atoms with van der Waals surface area (Å²) >= 11 is 0. The lowest BCUT2D eigenvalue weighted by Gasteiger charge is -2.15. The molecule has 132 valence electrons. The van der Waals surface area contributed by atoms with Crippen LogP contribution in [0.2, 0.25) is 0 Å². The van der Waals surface area contributed by atoms with Crippen LogP contribution in [-0.2, 0) is 20.9 Å². The largest absolute Gasteiger partial charge is 0.376 e. The maximum atomic E-state index is 12.3. The number of hydrogen-bond acceptors (Lipinski definition) is 4. The highest BCUT2D eigenvalue weighted by molar-refractivity contribution is 6.00. The first-order valence-corrected chi connectivity index (χ1v) is 8.75. The number of ether oxygens (including phenoxy) is 1. The van der Waals surface area contributed by atoms with Gasteiger partial charge >= 0.3 is 0 Å².